The van der Waals surface area contributed by atoms with E-state index in [0.717, 1.165) is 6.07 Å². The molecule has 0 radical (unpaired) electrons. The van der Waals surface area contributed by atoms with E-state index in [2.05, 4.69) is 36.6 Å². The Kier molecular flexibility index (Phi) is 4.66. The fourth-order valence-corrected chi connectivity index (χ4v) is 4.43. The molecule has 108 valence electrons. The summed E-state index contributed by atoms with van der Waals surface area (Å²) in [5, 5.41) is 8.92. The van der Waals surface area contributed by atoms with Gasteiger partial charge in [0.05, 0.1) is 5.69 Å². The zero-order valence-electron chi connectivity index (χ0n) is 10.3. The highest BCUT2D eigenvalue weighted by molar-refractivity contribution is 9.11. The van der Waals surface area contributed by atoms with Gasteiger partial charge in [-0.1, -0.05) is 22.0 Å². The highest BCUT2D eigenvalue weighted by Crippen LogP contribution is 2.28. The molecule has 0 saturated heterocycles. The van der Waals surface area contributed by atoms with E-state index in [0.29, 0.717) is 8.95 Å². The molecule has 0 amide bonds. The molecule has 8 heteroatoms. The molecule has 2 aromatic rings. The van der Waals surface area contributed by atoms with Crippen LogP contribution in [0.4, 0.5) is 10.1 Å². The molecule has 0 saturated carbocycles. The molecule has 0 unspecified atom stereocenters. The molecule has 4 nitrogen and oxygen atoms in total. The molecule has 0 bridgehead atoms. The molecular weight excluding hydrogens is 427 g/mol. The fourth-order valence-electron chi connectivity index (χ4n) is 1.62. The molecule has 2 aromatic carbocycles. The maximum absolute atomic E-state index is 13.5. The van der Waals surface area contributed by atoms with Crippen LogP contribution in [0.25, 0.3) is 0 Å². The highest BCUT2D eigenvalue weighted by atomic mass is 79.9. The number of nitrogens with one attached hydrogen (secondary N) is 1. The van der Waals surface area contributed by atoms with Gasteiger partial charge in [-0.15, -0.1) is 0 Å². The summed E-state index contributed by atoms with van der Waals surface area (Å²) in [6.45, 7) is 0. The summed E-state index contributed by atoms with van der Waals surface area (Å²) >= 11 is 6.38. The van der Waals surface area contributed by atoms with Gasteiger partial charge in [-0.3, -0.25) is 4.72 Å². The van der Waals surface area contributed by atoms with E-state index >= 15 is 0 Å². The first kappa shape index (κ1) is 15.9. The van der Waals surface area contributed by atoms with Gasteiger partial charge in [0, 0.05) is 8.95 Å². The smallest absolute Gasteiger partial charge is 0.263 e. The maximum atomic E-state index is 13.5. The van der Waals surface area contributed by atoms with Crippen molar-refractivity contribution in [3.8, 4) is 6.07 Å². The first-order valence-corrected chi connectivity index (χ1v) is 8.58. The topological polar surface area (TPSA) is 70.0 Å². The van der Waals surface area contributed by atoms with Crippen molar-refractivity contribution in [3.05, 3.63) is 56.7 Å². The first-order valence-electron chi connectivity index (χ1n) is 5.51. The largest absolute Gasteiger partial charge is 0.278 e. The third-order valence-corrected chi connectivity index (χ3v) is 5.39. The van der Waals surface area contributed by atoms with E-state index in [4.69, 9.17) is 5.26 Å². The SMILES string of the molecule is N#Cc1c(F)cccc1NS(=O)(=O)c1ccc(Br)cc1Br. The number of halogens is 3. The number of rotatable bonds is 3. The van der Waals surface area contributed by atoms with Gasteiger partial charge in [0.25, 0.3) is 10.0 Å². The van der Waals surface area contributed by atoms with Gasteiger partial charge in [-0.05, 0) is 46.3 Å². The van der Waals surface area contributed by atoms with Crippen molar-refractivity contribution in [2.45, 2.75) is 4.90 Å². The van der Waals surface area contributed by atoms with Gasteiger partial charge in [-0.2, -0.15) is 5.26 Å². The second-order valence-corrected chi connectivity index (χ2v) is 7.38. The Balaban J connectivity index is 2.48. The highest BCUT2D eigenvalue weighted by Gasteiger charge is 2.20. The predicted octanol–water partition coefficient (Wildman–Crippen LogP) is 4.02. The predicted molar refractivity (Wildman–Crippen MR) is 83.8 cm³/mol. The fraction of sp³-hybridized carbons (Fsp3) is 0. The first-order chi connectivity index (χ1) is 9.85. The Bertz CT molecular complexity index is 848. The zero-order chi connectivity index (χ0) is 15.6. The van der Waals surface area contributed by atoms with Crippen molar-refractivity contribution in [2.24, 2.45) is 0 Å². The van der Waals surface area contributed by atoms with E-state index in [1.54, 1.807) is 18.2 Å². The summed E-state index contributed by atoms with van der Waals surface area (Å²) < 4.78 is 41.4. The molecule has 0 aliphatic heterocycles. The summed E-state index contributed by atoms with van der Waals surface area (Å²) in [5.74, 6) is -0.785. The Morgan fingerprint density at radius 3 is 2.52 bits per heavy atom. The Morgan fingerprint density at radius 2 is 1.90 bits per heavy atom. The number of nitriles is 1. The van der Waals surface area contributed by atoms with Gasteiger partial charge in [0.1, 0.15) is 22.3 Å². The summed E-state index contributed by atoms with van der Waals surface area (Å²) in [6.07, 6.45) is 0. The molecule has 2 rings (SSSR count). The second kappa shape index (κ2) is 6.13. The molecular formula is C13H7Br2FN2O2S. The van der Waals surface area contributed by atoms with E-state index in [9.17, 15) is 12.8 Å². The molecule has 0 heterocycles. The van der Waals surface area contributed by atoms with Crippen molar-refractivity contribution >= 4 is 47.6 Å². The van der Waals surface area contributed by atoms with Crippen molar-refractivity contribution in [1.29, 1.82) is 5.26 Å². The zero-order valence-corrected chi connectivity index (χ0v) is 14.3. The minimum atomic E-state index is -3.95. The third-order valence-electron chi connectivity index (χ3n) is 2.55. The molecule has 0 aromatic heterocycles. The lowest BCUT2D eigenvalue weighted by molar-refractivity contribution is 0.600. The molecule has 0 aliphatic rings. The molecule has 0 atom stereocenters. The van der Waals surface area contributed by atoms with Crippen molar-refractivity contribution < 1.29 is 12.8 Å². The molecule has 1 N–H and O–H groups in total. The van der Waals surface area contributed by atoms with Crippen LogP contribution in [-0.2, 0) is 10.0 Å². The minimum Gasteiger partial charge on any atom is -0.278 e. The summed E-state index contributed by atoms with van der Waals surface area (Å²) in [6, 6.07) is 9.91. The molecule has 21 heavy (non-hydrogen) atoms. The van der Waals surface area contributed by atoms with Gasteiger partial charge in [0.15, 0.2) is 0 Å². The van der Waals surface area contributed by atoms with Crippen LogP contribution in [0.15, 0.2) is 50.2 Å². The lowest BCUT2D eigenvalue weighted by atomic mass is 10.2. The van der Waals surface area contributed by atoms with Crippen molar-refractivity contribution in [3.63, 3.8) is 0 Å². The second-order valence-electron chi connectivity index (χ2n) is 3.95. The van der Waals surface area contributed by atoms with Crippen LogP contribution in [0.1, 0.15) is 5.56 Å². The normalized spacial score (nSPS) is 11.0. The number of sulfonamides is 1. The standard InChI is InChI=1S/C13H7Br2FN2O2S/c14-8-4-5-13(10(15)6-8)21(19,20)18-12-3-1-2-11(16)9(12)7-17/h1-6,18H. The number of benzene rings is 2. The van der Waals surface area contributed by atoms with E-state index in [1.165, 1.54) is 18.2 Å². The van der Waals surface area contributed by atoms with Crippen LogP contribution in [0.3, 0.4) is 0 Å². The van der Waals surface area contributed by atoms with Gasteiger partial charge in [-0.25, -0.2) is 12.8 Å². The minimum absolute atomic E-state index is 0.0150. The summed E-state index contributed by atoms with van der Waals surface area (Å²) in [5.41, 5.74) is -0.457. The van der Waals surface area contributed by atoms with Crippen LogP contribution in [0.5, 0.6) is 0 Å². The van der Waals surface area contributed by atoms with Gasteiger partial charge < -0.3 is 0 Å². The lowest BCUT2D eigenvalue weighted by Crippen LogP contribution is -2.14. The molecule has 0 aliphatic carbocycles. The number of hydrogen-bond donors (Lipinski definition) is 1. The van der Waals surface area contributed by atoms with Crippen LogP contribution in [0.2, 0.25) is 0 Å². The lowest BCUT2D eigenvalue weighted by Gasteiger charge is -2.11. The van der Waals surface area contributed by atoms with E-state index in [-0.39, 0.29) is 16.1 Å². The number of anilines is 1. The van der Waals surface area contributed by atoms with E-state index < -0.39 is 15.8 Å². The quantitative estimate of drug-likeness (QED) is 0.794. The molecule has 0 spiro atoms. The van der Waals surface area contributed by atoms with Crippen LogP contribution in [-0.4, -0.2) is 8.42 Å². The summed E-state index contributed by atoms with van der Waals surface area (Å²) in [7, 11) is -3.95. The van der Waals surface area contributed by atoms with Crippen LogP contribution in [0, 0.1) is 17.1 Å². The monoisotopic (exact) mass is 432 g/mol. The molecule has 0 fully saturated rings. The van der Waals surface area contributed by atoms with Crippen LogP contribution >= 0.6 is 31.9 Å². The number of hydrogen-bond acceptors (Lipinski definition) is 3. The third kappa shape index (κ3) is 3.43. The van der Waals surface area contributed by atoms with E-state index in [1.807, 2.05) is 0 Å². The Morgan fingerprint density at radius 1 is 1.19 bits per heavy atom. The maximum Gasteiger partial charge on any atom is 0.263 e. The van der Waals surface area contributed by atoms with Crippen molar-refractivity contribution in [1.82, 2.24) is 0 Å². The Hall–Kier alpha value is -1.43. The average Bonchev–Trinajstić information content (AvgIpc) is 2.38. The number of nitrogens with zero attached hydrogens (tertiary/aromatic N) is 1. The van der Waals surface area contributed by atoms with Crippen molar-refractivity contribution in [2.75, 3.05) is 4.72 Å². The van der Waals surface area contributed by atoms with Gasteiger partial charge >= 0.3 is 0 Å². The average molecular weight is 434 g/mol. The van der Waals surface area contributed by atoms with Crippen LogP contribution < -0.4 is 4.72 Å². The Labute approximate surface area is 137 Å². The van der Waals surface area contributed by atoms with Gasteiger partial charge in [0.2, 0.25) is 0 Å². The summed E-state index contributed by atoms with van der Waals surface area (Å²) in [4.78, 5) is -0.0150.